The Kier molecular flexibility index (Phi) is 7.67. The van der Waals surface area contributed by atoms with E-state index in [9.17, 15) is 8.42 Å². The van der Waals surface area contributed by atoms with Crippen molar-refractivity contribution < 1.29 is 13.2 Å². The summed E-state index contributed by atoms with van der Waals surface area (Å²) in [6.07, 6.45) is 5.06. The van der Waals surface area contributed by atoms with Crippen molar-refractivity contribution in [2.75, 3.05) is 31.2 Å². The third-order valence-electron chi connectivity index (χ3n) is 5.51. The van der Waals surface area contributed by atoms with E-state index in [4.69, 9.17) is 4.74 Å². The third kappa shape index (κ3) is 7.44. The predicted molar refractivity (Wildman–Crippen MR) is 112 cm³/mol. The molecule has 2 heterocycles. The van der Waals surface area contributed by atoms with Gasteiger partial charge >= 0.3 is 0 Å². The maximum Gasteiger partial charge on any atom is 0.152 e. The van der Waals surface area contributed by atoms with E-state index < -0.39 is 9.84 Å². The van der Waals surface area contributed by atoms with Crippen molar-refractivity contribution in [2.45, 2.75) is 78.5 Å². The number of hydrogen-bond acceptors (Lipinski definition) is 6. The fourth-order valence-electron chi connectivity index (χ4n) is 3.20. The molecule has 0 unspecified atom stereocenters. The van der Waals surface area contributed by atoms with E-state index in [0.717, 1.165) is 18.5 Å². The average molecular weight is 415 g/mol. The lowest BCUT2D eigenvalue weighted by atomic mass is 9.96. The number of hydrogen-bond donors (Lipinski definition) is 0. The van der Waals surface area contributed by atoms with Gasteiger partial charge in [0, 0.05) is 26.2 Å². The minimum absolute atomic E-state index is 0.109. The molecule has 0 saturated carbocycles. The molecule has 0 atom stereocenters. The summed E-state index contributed by atoms with van der Waals surface area (Å²) in [5.41, 5.74) is 0.582. The predicted octanol–water partition coefficient (Wildman–Crippen LogP) is 2.87. The van der Waals surface area contributed by atoms with Crippen molar-refractivity contribution in [1.82, 2.24) is 19.9 Å². The average Bonchev–Trinajstić information content (AvgIpc) is 3.04. The second kappa shape index (κ2) is 9.22. The standard InChI is InChI=1S/C20H38N4O3S/c1-17(2)7-8-20(5,6)27-12-9-19(3,4)24-16-18(21-22-24)15-23-10-13-28(25,26)14-11-23/h16-17H,7-15H2,1-6H3. The molecule has 0 N–H and O–H groups in total. The molecule has 1 aromatic heterocycles. The molecule has 1 saturated heterocycles. The first-order chi connectivity index (χ1) is 12.9. The summed E-state index contributed by atoms with van der Waals surface area (Å²) < 4.78 is 31.2. The molecule has 8 heteroatoms. The van der Waals surface area contributed by atoms with Crippen LogP contribution < -0.4 is 0 Å². The Balaban J connectivity index is 1.83. The zero-order valence-corrected chi connectivity index (χ0v) is 19.3. The van der Waals surface area contributed by atoms with Crippen LogP contribution in [0.15, 0.2) is 6.20 Å². The van der Waals surface area contributed by atoms with Gasteiger partial charge in [0.25, 0.3) is 0 Å². The van der Waals surface area contributed by atoms with Crippen molar-refractivity contribution in [3.8, 4) is 0 Å². The summed E-state index contributed by atoms with van der Waals surface area (Å²) in [7, 11) is -2.85. The van der Waals surface area contributed by atoms with Crippen LogP contribution in [-0.4, -0.2) is 65.1 Å². The number of ether oxygens (including phenoxy) is 1. The van der Waals surface area contributed by atoms with Crippen LogP contribution in [0.25, 0.3) is 0 Å². The van der Waals surface area contributed by atoms with Gasteiger partial charge in [-0.25, -0.2) is 13.1 Å². The Morgan fingerprint density at radius 1 is 1.14 bits per heavy atom. The molecule has 0 aliphatic carbocycles. The number of nitrogens with zero attached hydrogens (tertiary/aromatic N) is 4. The van der Waals surface area contributed by atoms with Gasteiger partial charge in [-0.2, -0.15) is 0 Å². The second-order valence-corrected chi connectivity index (χ2v) is 12.0. The normalized spacial score (nSPS) is 18.7. The highest BCUT2D eigenvalue weighted by atomic mass is 32.2. The van der Waals surface area contributed by atoms with Gasteiger partial charge < -0.3 is 4.74 Å². The van der Waals surface area contributed by atoms with Gasteiger partial charge in [0.15, 0.2) is 9.84 Å². The van der Waals surface area contributed by atoms with E-state index in [1.54, 1.807) is 0 Å². The van der Waals surface area contributed by atoms with E-state index in [-0.39, 0.29) is 22.6 Å². The maximum absolute atomic E-state index is 11.6. The van der Waals surface area contributed by atoms with E-state index in [1.807, 2.05) is 10.9 Å². The summed E-state index contributed by atoms with van der Waals surface area (Å²) in [6.45, 7) is 15.5. The molecular formula is C20H38N4O3S. The van der Waals surface area contributed by atoms with Crippen LogP contribution in [0.3, 0.4) is 0 Å². The Labute approximate surface area is 170 Å². The lowest BCUT2D eigenvalue weighted by molar-refractivity contribution is -0.0369. The highest BCUT2D eigenvalue weighted by molar-refractivity contribution is 7.91. The molecule has 0 amide bonds. The summed E-state index contributed by atoms with van der Waals surface area (Å²) >= 11 is 0. The second-order valence-electron chi connectivity index (χ2n) is 9.69. The number of rotatable bonds is 10. The molecule has 0 spiro atoms. The Morgan fingerprint density at radius 3 is 2.39 bits per heavy atom. The molecule has 1 aliphatic heterocycles. The lowest BCUT2D eigenvalue weighted by Gasteiger charge is -2.30. The zero-order chi connectivity index (χ0) is 21.0. The SMILES string of the molecule is CC(C)CCC(C)(C)OCCC(C)(C)n1cc(CN2CCS(=O)(=O)CC2)nn1. The molecule has 1 aliphatic rings. The molecular weight excluding hydrogens is 376 g/mol. The monoisotopic (exact) mass is 414 g/mol. The highest BCUT2D eigenvalue weighted by Crippen LogP contribution is 2.24. The maximum atomic E-state index is 11.6. The van der Waals surface area contributed by atoms with Crippen molar-refractivity contribution in [1.29, 1.82) is 0 Å². The fraction of sp³-hybridized carbons (Fsp3) is 0.900. The van der Waals surface area contributed by atoms with E-state index in [0.29, 0.717) is 32.2 Å². The molecule has 0 bridgehead atoms. The third-order valence-corrected chi connectivity index (χ3v) is 7.12. The number of aromatic nitrogens is 3. The van der Waals surface area contributed by atoms with Crippen molar-refractivity contribution in [3.05, 3.63) is 11.9 Å². The van der Waals surface area contributed by atoms with E-state index in [1.165, 1.54) is 6.42 Å². The van der Waals surface area contributed by atoms with Crippen molar-refractivity contribution in [2.24, 2.45) is 5.92 Å². The topological polar surface area (TPSA) is 77.3 Å². The van der Waals surface area contributed by atoms with E-state index >= 15 is 0 Å². The molecule has 0 aromatic carbocycles. The van der Waals surface area contributed by atoms with Gasteiger partial charge in [-0.05, 0) is 52.9 Å². The quantitative estimate of drug-likeness (QED) is 0.586. The summed E-state index contributed by atoms with van der Waals surface area (Å²) in [6, 6.07) is 0. The molecule has 162 valence electrons. The Bertz CT molecular complexity index is 712. The Hall–Kier alpha value is -0.990. The molecule has 7 nitrogen and oxygen atoms in total. The first-order valence-electron chi connectivity index (χ1n) is 10.4. The summed E-state index contributed by atoms with van der Waals surface area (Å²) in [5, 5.41) is 8.62. The van der Waals surface area contributed by atoms with Crippen LogP contribution in [0.2, 0.25) is 0 Å². The largest absolute Gasteiger partial charge is 0.375 e. The van der Waals surface area contributed by atoms with Crippen molar-refractivity contribution in [3.63, 3.8) is 0 Å². The Morgan fingerprint density at radius 2 is 1.79 bits per heavy atom. The smallest absolute Gasteiger partial charge is 0.152 e. The summed E-state index contributed by atoms with van der Waals surface area (Å²) in [4.78, 5) is 2.13. The van der Waals surface area contributed by atoms with Gasteiger partial charge in [0.05, 0.1) is 34.5 Å². The first kappa shape index (κ1) is 23.3. The minimum atomic E-state index is -2.85. The van der Waals surface area contributed by atoms with Gasteiger partial charge in [-0.15, -0.1) is 5.10 Å². The van der Waals surface area contributed by atoms with Crippen LogP contribution in [0.1, 0.15) is 66.5 Å². The van der Waals surface area contributed by atoms with Crippen LogP contribution in [0.4, 0.5) is 0 Å². The molecule has 1 fully saturated rings. The van der Waals surface area contributed by atoms with Crippen LogP contribution in [-0.2, 0) is 26.7 Å². The first-order valence-corrected chi connectivity index (χ1v) is 12.2. The lowest BCUT2D eigenvalue weighted by Crippen LogP contribution is -2.39. The molecule has 0 radical (unpaired) electrons. The highest BCUT2D eigenvalue weighted by Gasteiger charge is 2.26. The molecule has 2 rings (SSSR count). The molecule has 28 heavy (non-hydrogen) atoms. The van der Waals surface area contributed by atoms with Gasteiger partial charge in [0.2, 0.25) is 0 Å². The van der Waals surface area contributed by atoms with Crippen molar-refractivity contribution >= 4 is 9.84 Å². The van der Waals surface area contributed by atoms with Crippen LogP contribution in [0, 0.1) is 5.92 Å². The van der Waals surface area contributed by atoms with Gasteiger partial charge in [-0.1, -0.05) is 19.1 Å². The van der Waals surface area contributed by atoms with E-state index in [2.05, 4.69) is 56.8 Å². The van der Waals surface area contributed by atoms with Gasteiger partial charge in [0.1, 0.15) is 0 Å². The van der Waals surface area contributed by atoms with Gasteiger partial charge in [-0.3, -0.25) is 4.90 Å². The summed E-state index contributed by atoms with van der Waals surface area (Å²) in [5.74, 6) is 1.15. The van der Waals surface area contributed by atoms with Crippen LogP contribution in [0.5, 0.6) is 0 Å². The van der Waals surface area contributed by atoms with Crippen LogP contribution >= 0.6 is 0 Å². The minimum Gasteiger partial charge on any atom is -0.375 e. The fourth-order valence-corrected chi connectivity index (χ4v) is 4.48. The molecule has 1 aromatic rings. The zero-order valence-electron chi connectivity index (χ0n) is 18.4. The number of sulfone groups is 1.